The van der Waals surface area contributed by atoms with Crippen LogP contribution in [-0.2, 0) is 0 Å². The topological polar surface area (TPSA) is 93.6 Å². The molecule has 2 rings (SSSR count). The molecule has 0 aliphatic carbocycles. The molecular formula is C13H20N4O2. The lowest BCUT2D eigenvalue weighted by atomic mass is 9.99. The normalized spacial score (nSPS) is 18.1. The zero-order valence-corrected chi connectivity index (χ0v) is 11.3. The second-order valence-electron chi connectivity index (χ2n) is 5.28. The highest BCUT2D eigenvalue weighted by molar-refractivity contribution is 5.73. The largest absolute Gasteiger partial charge is 0.410 e. The minimum absolute atomic E-state index is 0.0155. The third-order valence-electron chi connectivity index (χ3n) is 3.32. The maximum atomic E-state index is 10.9. The Labute approximate surface area is 112 Å². The van der Waals surface area contributed by atoms with Crippen LogP contribution in [0, 0.1) is 0 Å². The molecule has 1 aromatic rings. The summed E-state index contributed by atoms with van der Waals surface area (Å²) < 4.78 is 4.92. The molecular weight excluding hydrogens is 244 g/mol. The van der Waals surface area contributed by atoms with E-state index in [2.05, 4.69) is 24.1 Å². The maximum absolute atomic E-state index is 10.9. The van der Waals surface area contributed by atoms with Crippen molar-refractivity contribution >= 4 is 17.5 Å². The van der Waals surface area contributed by atoms with E-state index in [1.165, 1.54) is 0 Å². The number of nitrogens with two attached hydrogens (primary N) is 2. The number of amides is 1. The molecule has 0 spiro atoms. The average Bonchev–Trinajstić information content (AvgIpc) is 2.31. The number of nitrogens with one attached hydrogen (secondary N) is 1. The first kappa shape index (κ1) is 13.5. The summed E-state index contributed by atoms with van der Waals surface area (Å²) in [6, 6.07) is 5.41. The van der Waals surface area contributed by atoms with Crippen molar-refractivity contribution in [2.24, 2.45) is 5.73 Å². The lowest BCUT2D eigenvalue weighted by molar-refractivity contribution is 0.211. The van der Waals surface area contributed by atoms with E-state index in [0.717, 1.165) is 25.3 Å². The first-order chi connectivity index (χ1) is 8.90. The van der Waals surface area contributed by atoms with Crippen LogP contribution in [-0.4, -0.2) is 31.3 Å². The first-order valence-corrected chi connectivity index (χ1v) is 6.25. The van der Waals surface area contributed by atoms with Crippen LogP contribution < -0.4 is 26.4 Å². The smallest absolute Gasteiger partial charge is 0.408 e. The highest BCUT2D eigenvalue weighted by Gasteiger charge is 2.30. The highest BCUT2D eigenvalue weighted by Crippen LogP contribution is 2.32. The number of carbonyl (C=O) groups is 1. The Hall–Kier alpha value is -1.95. The summed E-state index contributed by atoms with van der Waals surface area (Å²) in [5.41, 5.74) is 12.2. The van der Waals surface area contributed by atoms with Crippen LogP contribution in [0.4, 0.5) is 16.2 Å². The molecule has 1 amide bonds. The van der Waals surface area contributed by atoms with Gasteiger partial charge in [0.15, 0.2) is 5.75 Å². The van der Waals surface area contributed by atoms with Gasteiger partial charge >= 0.3 is 6.09 Å². The van der Waals surface area contributed by atoms with E-state index < -0.39 is 6.09 Å². The lowest BCUT2D eigenvalue weighted by Crippen LogP contribution is -2.58. The number of hydrogen-bond acceptors (Lipinski definition) is 5. The van der Waals surface area contributed by atoms with Gasteiger partial charge in [0.05, 0.1) is 5.69 Å². The van der Waals surface area contributed by atoms with Gasteiger partial charge in [0, 0.05) is 36.9 Å². The van der Waals surface area contributed by atoms with Crippen LogP contribution in [0.2, 0.25) is 0 Å². The zero-order chi connectivity index (χ0) is 14.0. The minimum atomic E-state index is -0.858. The van der Waals surface area contributed by atoms with Crippen molar-refractivity contribution in [2.45, 2.75) is 19.4 Å². The summed E-state index contributed by atoms with van der Waals surface area (Å²) in [5.74, 6) is 0.305. The maximum Gasteiger partial charge on any atom is 0.410 e. The van der Waals surface area contributed by atoms with Crippen LogP contribution in [0.3, 0.4) is 0 Å². The van der Waals surface area contributed by atoms with Gasteiger partial charge in [-0.15, -0.1) is 0 Å². The van der Waals surface area contributed by atoms with Crippen LogP contribution in [0.15, 0.2) is 18.2 Å². The zero-order valence-electron chi connectivity index (χ0n) is 11.3. The van der Waals surface area contributed by atoms with E-state index >= 15 is 0 Å². The molecule has 0 atom stereocenters. The molecule has 1 aliphatic rings. The number of ether oxygens (including phenoxy) is 1. The Morgan fingerprint density at radius 1 is 1.47 bits per heavy atom. The van der Waals surface area contributed by atoms with Crippen molar-refractivity contribution in [3.63, 3.8) is 0 Å². The van der Waals surface area contributed by atoms with E-state index in [0.29, 0.717) is 11.4 Å². The molecule has 1 aromatic carbocycles. The summed E-state index contributed by atoms with van der Waals surface area (Å²) in [7, 11) is 0. The number of benzene rings is 1. The second-order valence-corrected chi connectivity index (χ2v) is 5.28. The Morgan fingerprint density at radius 3 is 2.84 bits per heavy atom. The van der Waals surface area contributed by atoms with Crippen LogP contribution >= 0.6 is 0 Å². The molecule has 5 N–H and O–H groups in total. The predicted octanol–water partition coefficient (Wildman–Crippen LogP) is 0.915. The van der Waals surface area contributed by atoms with Crippen molar-refractivity contribution in [1.82, 2.24) is 5.32 Å². The van der Waals surface area contributed by atoms with Crippen molar-refractivity contribution in [3.05, 3.63) is 18.2 Å². The number of nitrogen functional groups attached to an aromatic ring is 1. The van der Waals surface area contributed by atoms with Gasteiger partial charge in [-0.05, 0) is 26.0 Å². The SMILES string of the molecule is CC1(C)CNCCN1c1ccc(N)c(OC(N)=O)c1. The summed E-state index contributed by atoms with van der Waals surface area (Å²) in [4.78, 5) is 13.1. The molecule has 0 radical (unpaired) electrons. The molecule has 1 saturated heterocycles. The van der Waals surface area contributed by atoms with E-state index in [1.807, 2.05) is 6.07 Å². The van der Waals surface area contributed by atoms with E-state index in [4.69, 9.17) is 16.2 Å². The molecule has 19 heavy (non-hydrogen) atoms. The third kappa shape index (κ3) is 2.90. The molecule has 0 aromatic heterocycles. The third-order valence-corrected chi connectivity index (χ3v) is 3.32. The van der Waals surface area contributed by atoms with Crippen molar-refractivity contribution < 1.29 is 9.53 Å². The summed E-state index contributed by atoms with van der Waals surface area (Å²) in [5, 5.41) is 3.36. The fraction of sp³-hybridized carbons (Fsp3) is 0.462. The van der Waals surface area contributed by atoms with Crippen LogP contribution in [0.25, 0.3) is 0 Å². The van der Waals surface area contributed by atoms with Crippen molar-refractivity contribution in [2.75, 3.05) is 30.3 Å². The van der Waals surface area contributed by atoms with Gasteiger partial charge in [0.1, 0.15) is 0 Å². The fourth-order valence-electron chi connectivity index (χ4n) is 2.35. The summed E-state index contributed by atoms with van der Waals surface area (Å²) in [6.07, 6.45) is -0.858. The van der Waals surface area contributed by atoms with Gasteiger partial charge in [-0.25, -0.2) is 4.79 Å². The number of primary amides is 1. The standard InChI is InChI=1S/C13H20N4O2/c1-13(2)8-16-5-6-17(13)9-3-4-10(14)11(7-9)19-12(15)18/h3-4,7,16H,5-6,8,14H2,1-2H3,(H2,15,18). The Balaban J connectivity index is 2.31. The molecule has 6 nitrogen and oxygen atoms in total. The number of nitrogens with zero attached hydrogens (tertiary/aromatic N) is 1. The molecule has 1 aliphatic heterocycles. The first-order valence-electron chi connectivity index (χ1n) is 6.25. The van der Waals surface area contributed by atoms with E-state index in [-0.39, 0.29) is 5.54 Å². The number of carbonyl (C=O) groups excluding carboxylic acids is 1. The molecule has 0 saturated carbocycles. The van der Waals surface area contributed by atoms with E-state index in [9.17, 15) is 4.79 Å². The van der Waals surface area contributed by atoms with E-state index in [1.54, 1.807) is 12.1 Å². The van der Waals surface area contributed by atoms with Gasteiger partial charge in [-0.2, -0.15) is 0 Å². The molecule has 104 valence electrons. The Kier molecular flexibility index (Phi) is 3.53. The number of anilines is 2. The molecule has 0 unspecified atom stereocenters. The lowest BCUT2D eigenvalue weighted by Gasteiger charge is -2.44. The van der Waals surface area contributed by atoms with Crippen LogP contribution in [0.1, 0.15) is 13.8 Å². The Bertz CT molecular complexity index is 488. The number of piperazine rings is 1. The minimum Gasteiger partial charge on any atom is -0.408 e. The summed E-state index contributed by atoms with van der Waals surface area (Å²) >= 11 is 0. The quantitative estimate of drug-likeness (QED) is 0.690. The Morgan fingerprint density at radius 2 is 2.21 bits per heavy atom. The molecule has 0 bridgehead atoms. The second kappa shape index (κ2) is 4.97. The fourth-order valence-corrected chi connectivity index (χ4v) is 2.35. The van der Waals surface area contributed by atoms with Crippen molar-refractivity contribution in [3.8, 4) is 5.75 Å². The number of rotatable bonds is 2. The monoisotopic (exact) mass is 264 g/mol. The van der Waals surface area contributed by atoms with Crippen molar-refractivity contribution in [1.29, 1.82) is 0 Å². The van der Waals surface area contributed by atoms with Gasteiger partial charge < -0.3 is 26.4 Å². The molecule has 6 heteroatoms. The predicted molar refractivity (Wildman–Crippen MR) is 75.4 cm³/mol. The number of hydrogen-bond donors (Lipinski definition) is 3. The van der Waals surface area contributed by atoms with Gasteiger partial charge in [-0.3, -0.25) is 0 Å². The van der Waals surface area contributed by atoms with Gasteiger partial charge in [0.25, 0.3) is 0 Å². The average molecular weight is 264 g/mol. The van der Waals surface area contributed by atoms with Gasteiger partial charge in [0.2, 0.25) is 0 Å². The van der Waals surface area contributed by atoms with Crippen LogP contribution in [0.5, 0.6) is 5.75 Å². The highest BCUT2D eigenvalue weighted by atomic mass is 16.5. The van der Waals surface area contributed by atoms with Gasteiger partial charge in [-0.1, -0.05) is 0 Å². The molecule has 1 heterocycles. The summed E-state index contributed by atoms with van der Waals surface area (Å²) in [6.45, 7) is 7.00. The molecule has 1 fully saturated rings.